The van der Waals surface area contributed by atoms with Crippen LogP contribution < -0.4 is 5.32 Å². The summed E-state index contributed by atoms with van der Waals surface area (Å²) in [5.74, 6) is 0. The van der Waals surface area contributed by atoms with Gasteiger partial charge < -0.3 is 4.90 Å². The van der Waals surface area contributed by atoms with Gasteiger partial charge in [0.25, 0.3) is 0 Å². The van der Waals surface area contributed by atoms with E-state index in [-0.39, 0.29) is 27.6 Å². The number of hydrogen-bond donors (Lipinski definition) is 1. The quantitative estimate of drug-likeness (QED) is 0.800. The van der Waals surface area contributed by atoms with Crippen LogP contribution >= 0.6 is 11.3 Å². The highest BCUT2D eigenvalue weighted by Crippen LogP contribution is 2.31. The summed E-state index contributed by atoms with van der Waals surface area (Å²) in [6.07, 6.45) is 12.4. The minimum absolute atomic E-state index is 0.0651. The lowest BCUT2D eigenvalue weighted by Gasteiger charge is -2.41. The molecule has 25 heavy (non-hydrogen) atoms. The summed E-state index contributed by atoms with van der Waals surface area (Å²) in [6.45, 7) is 0. The zero-order chi connectivity index (χ0) is 17.9. The SMILES string of the molecule is CS(=O)(=O)c1nnc(NC(=O)N(C2CCCCC2)C2CCCCC2)s1. The fourth-order valence-corrected chi connectivity index (χ4v) is 5.41. The number of rotatable bonds is 4. The van der Waals surface area contributed by atoms with Crippen molar-refractivity contribution in [3.05, 3.63) is 0 Å². The van der Waals surface area contributed by atoms with E-state index >= 15 is 0 Å². The summed E-state index contributed by atoms with van der Waals surface area (Å²) in [4.78, 5) is 15.0. The van der Waals surface area contributed by atoms with Crippen molar-refractivity contribution in [3.63, 3.8) is 0 Å². The number of anilines is 1. The van der Waals surface area contributed by atoms with Gasteiger partial charge in [-0.2, -0.15) is 0 Å². The molecule has 0 atom stereocenters. The number of aromatic nitrogens is 2. The summed E-state index contributed by atoms with van der Waals surface area (Å²) in [5.41, 5.74) is 0. The molecule has 1 aromatic rings. The lowest BCUT2D eigenvalue weighted by atomic mass is 9.89. The van der Waals surface area contributed by atoms with Crippen LogP contribution in [-0.4, -0.2) is 47.9 Å². The minimum atomic E-state index is -3.40. The zero-order valence-electron chi connectivity index (χ0n) is 14.6. The number of carbonyl (C=O) groups is 1. The molecule has 2 saturated carbocycles. The van der Waals surface area contributed by atoms with Gasteiger partial charge in [-0.25, -0.2) is 13.2 Å². The molecule has 0 unspecified atom stereocenters. The average molecular weight is 387 g/mol. The molecule has 2 fully saturated rings. The maximum absolute atomic E-state index is 13.0. The lowest BCUT2D eigenvalue weighted by Crippen LogP contribution is -2.50. The first kappa shape index (κ1) is 18.6. The molecular weight excluding hydrogens is 360 g/mol. The van der Waals surface area contributed by atoms with Gasteiger partial charge in [0.05, 0.1) is 0 Å². The molecule has 3 rings (SSSR count). The highest BCUT2D eigenvalue weighted by atomic mass is 32.2. The van der Waals surface area contributed by atoms with Crippen molar-refractivity contribution >= 4 is 32.3 Å². The summed E-state index contributed by atoms with van der Waals surface area (Å²) in [6, 6.07) is 0.397. The molecule has 1 aromatic heterocycles. The number of amides is 2. The predicted octanol–water partition coefficient (Wildman–Crippen LogP) is 3.44. The Bertz CT molecular complexity index is 674. The van der Waals surface area contributed by atoms with Gasteiger partial charge >= 0.3 is 6.03 Å². The molecule has 7 nitrogen and oxygen atoms in total. The number of nitrogens with one attached hydrogen (secondary N) is 1. The molecule has 0 aromatic carbocycles. The Kier molecular flexibility index (Phi) is 5.93. The van der Waals surface area contributed by atoms with Crippen LogP contribution in [0, 0.1) is 0 Å². The molecule has 0 aliphatic heterocycles. The first-order valence-corrected chi connectivity index (χ1v) is 11.8. The summed E-state index contributed by atoms with van der Waals surface area (Å²) in [7, 11) is -3.40. The third kappa shape index (κ3) is 4.69. The largest absolute Gasteiger partial charge is 0.324 e. The molecule has 140 valence electrons. The van der Waals surface area contributed by atoms with Gasteiger partial charge in [-0.15, -0.1) is 10.2 Å². The van der Waals surface area contributed by atoms with E-state index in [1.165, 1.54) is 12.8 Å². The second-order valence-electron chi connectivity index (χ2n) is 7.07. The first-order chi connectivity index (χ1) is 11.9. The van der Waals surface area contributed by atoms with E-state index in [0.717, 1.165) is 69.0 Å². The fourth-order valence-electron chi connectivity index (χ4n) is 3.91. The molecule has 1 N–H and O–H groups in total. The smallest absolute Gasteiger partial charge is 0.319 e. The lowest BCUT2D eigenvalue weighted by molar-refractivity contribution is 0.114. The van der Waals surface area contributed by atoms with Crippen LogP contribution in [0.3, 0.4) is 0 Å². The maximum atomic E-state index is 13.0. The Labute approximate surface area is 153 Å². The standard InChI is InChI=1S/C16H26N4O3S2/c1-25(22,23)16-19-18-14(24-16)17-15(21)20(12-8-4-2-5-9-12)13-10-6-3-7-11-13/h12-13H,2-11H2,1H3,(H,17,18,21). The van der Waals surface area contributed by atoms with E-state index in [2.05, 4.69) is 15.5 Å². The molecule has 2 aliphatic rings. The predicted molar refractivity (Wildman–Crippen MR) is 97.6 cm³/mol. The van der Waals surface area contributed by atoms with Crippen LogP contribution in [-0.2, 0) is 9.84 Å². The van der Waals surface area contributed by atoms with Gasteiger partial charge in [-0.05, 0) is 25.7 Å². The Morgan fingerprint density at radius 2 is 1.52 bits per heavy atom. The molecule has 0 radical (unpaired) electrons. The summed E-state index contributed by atoms with van der Waals surface area (Å²) in [5, 5.41) is 10.5. The monoisotopic (exact) mass is 386 g/mol. The molecule has 9 heteroatoms. The van der Waals surface area contributed by atoms with Crippen molar-refractivity contribution < 1.29 is 13.2 Å². The number of urea groups is 1. The van der Waals surface area contributed by atoms with E-state index in [0.29, 0.717) is 0 Å². The minimum Gasteiger partial charge on any atom is -0.319 e. The highest BCUT2D eigenvalue weighted by Gasteiger charge is 2.33. The van der Waals surface area contributed by atoms with Crippen LogP contribution in [0.1, 0.15) is 64.2 Å². The van der Waals surface area contributed by atoms with Gasteiger partial charge in [0.15, 0.2) is 0 Å². The van der Waals surface area contributed by atoms with Gasteiger partial charge in [0, 0.05) is 18.3 Å². The van der Waals surface area contributed by atoms with E-state index < -0.39 is 9.84 Å². The third-order valence-electron chi connectivity index (χ3n) is 5.11. The van der Waals surface area contributed by atoms with Crippen molar-refractivity contribution in [2.24, 2.45) is 0 Å². The number of hydrogen-bond acceptors (Lipinski definition) is 6. The van der Waals surface area contributed by atoms with Crippen molar-refractivity contribution in [2.75, 3.05) is 11.6 Å². The van der Waals surface area contributed by atoms with Crippen molar-refractivity contribution in [1.29, 1.82) is 0 Å². The molecule has 2 amide bonds. The fraction of sp³-hybridized carbons (Fsp3) is 0.812. The average Bonchev–Trinajstić information content (AvgIpc) is 3.06. The summed E-state index contributed by atoms with van der Waals surface area (Å²) >= 11 is 0.910. The number of sulfone groups is 1. The zero-order valence-corrected chi connectivity index (χ0v) is 16.2. The Morgan fingerprint density at radius 1 is 1.00 bits per heavy atom. The van der Waals surface area contributed by atoms with Gasteiger partial charge in [0.1, 0.15) is 0 Å². The topological polar surface area (TPSA) is 92.3 Å². The Morgan fingerprint density at radius 3 is 1.96 bits per heavy atom. The second kappa shape index (κ2) is 7.99. The van der Waals surface area contributed by atoms with E-state index in [1.807, 2.05) is 4.90 Å². The van der Waals surface area contributed by atoms with Crippen LogP contribution in [0.15, 0.2) is 4.34 Å². The third-order valence-corrected chi connectivity index (χ3v) is 7.62. The molecule has 1 heterocycles. The molecule has 0 spiro atoms. The van der Waals surface area contributed by atoms with E-state index in [4.69, 9.17) is 0 Å². The number of carbonyl (C=O) groups excluding carboxylic acids is 1. The van der Waals surface area contributed by atoms with Crippen LogP contribution in [0.2, 0.25) is 0 Å². The van der Waals surface area contributed by atoms with Crippen molar-refractivity contribution in [3.8, 4) is 0 Å². The van der Waals surface area contributed by atoms with Gasteiger partial charge in [0.2, 0.25) is 19.3 Å². The highest BCUT2D eigenvalue weighted by molar-refractivity contribution is 7.92. The first-order valence-electron chi connectivity index (χ1n) is 9.08. The molecule has 2 aliphatic carbocycles. The van der Waals surface area contributed by atoms with Crippen molar-refractivity contribution in [2.45, 2.75) is 80.6 Å². The Balaban J connectivity index is 1.74. The van der Waals surface area contributed by atoms with Crippen LogP contribution in [0.4, 0.5) is 9.93 Å². The molecule has 0 saturated heterocycles. The maximum Gasteiger partial charge on any atom is 0.324 e. The van der Waals surface area contributed by atoms with Crippen LogP contribution in [0.5, 0.6) is 0 Å². The normalized spacial score (nSPS) is 20.4. The van der Waals surface area contributed by atoms with Gasteiger partial charge in [-0.1, -0.05) is 49.9 Å². The Hall–Kier alpha value is -1.22. The van der Waals surface area contributed by atoms with E-state index in [1.54, 1.807) is 0 Å². The molecular formula is C16H26N4O3S2. The number of nitrogens with zero attached hydrogens (tertiary/aromatic N) is 3. The summed E-state index contributed by atoms with van der Waals surface area (Å²) < 4.78 is 23.0. The van der Waals surface area contributed by atoms with Gasteiger partial charge in [-0.3, -0.25) is 5.32 Å². The molecule has 0 bridgehead atoms. The van der Waals surface area contributed by atoms with Crippen LogP contribution in [0.25, 0.3) is 0 Å². The second-order valence-corrected chi connectivity index (χ2v) is 10.2. The van der Waals surface area contributed by atoms with Crippen molar-refractivity contribution in [1.82, 2.24) is 15.1 Å². The van der Waals surface area contributed by atoms with E-state index in [9.17, 15) is 13.2 Å².